The van der Waals surface area contributed by atoms with E-state index in [2.05, 4.69) is 20.6 Å². The molecule has 0 bridgehead atoms. The number of anilines is 1. The summed E-state index contributed by atoms with van der Waals surface area (Å²) < 4.78 is 92.5. The van der Waals surface area contributed by atoms with Crippen LogP contribution in [0.3, 0.4) is 0 Å². The van der Waals surface area contributed by atoms with Crippen molar-refractivity contribution in [2.75, 3.05) is 84.9 Å². The fourth-order valence-corrected chi connectivity index (χ4v) is 12.5. The number of nitrogen functional groups attached to an aromatic ring is 1. The number of aromatic carboxylic acids is 1. The number of amides is 2. The van der Waals surface area contributed by atoms with E-state index in [4.69, 9.17) is 56.9 Å². The molecule has 2 aliphatic rings. The number of aliphatic hydroxyl groups is 2. The summed E-state index contributed by atoms with van der Waals surface area (Å²) in [4.78, 5) is 114. The molecule has 0 aliphatic carbocycles. The lowest BCUT2D eigenvalue weighted by atomic mass is 9.88. The Labute approximate surface area is 539 Å². The number of nitrogens with zero attached hydrogens (tertiary/aromatic N) is 3. The van der Waals surface area contributed by atoms with Gasteiger partial charge in [0.15, 0.2) is 0 Å². The van der Waals surface area contributed by atoms with E-state index in [-0.39, 0.29) is 105 Å². The van der Waals surface area contributed by atoms with Crippen molar-refractivity contribution in [3.63, 3.8) is 0 Å². The number of phenolic OH excluding ortho intramolecular Hbond substituents is 2. The lowest BCUT2D eigenvalue weighted by Gasteiger charge is -2.22. The third-order valence-electron chi connectivity index (χ3n) is 14.6. The van der Waals surface area contributed by atoms with Crippen LogP contribution in [0.5, 0.6) is 11.5 Å². The lowest BCUT2D eigenvalue weighted by molar-refractivity contribution is -0.116. The maximum absolute atomic E-state index is 13.4. The summed E-state index contributed by atoms with van der Waals surface area (Å²) in [5.41, 5.74) is 3.58. The van der Waals surface area contributed by atoms with Crippen LogP contribution in [0.25, 0.3) is 38.7 Å². The number of H-pyrrole nitrogens is 1. The third-order valence-corrected chi connectivity index (χ3v) is 17.6. The Morgan fingerprint density at radius 3 is 1.92 bits per heavy atom. The van der Waals surface area contributed by atoms with Gasteiger partial charge in [0.25, 0.3) is 11.5 Å². The third kappa shape index (κ3) is 21.3. The fraction of sp³-hybridized carbons (Fsp3) is 0.431. The van der Waals surface area contributed by atoms with Crippen LogP contribution >= 0.6 is 23.5 Å². The molecule has 5 unspecified atom stereocenters. The number of unbranched alkanes of at least 4 members (excludes halogenated alkanes) is 3. The summed E-state index contributed by atoms with van der Waals surface area (Å²) >= 11 is 0. The largest absolute Gasteiger partial charge is 0.508 e. The molecule has 2 aromatic heterocycles. The van der Waals surface area contributed by atoms with Gasteiger partial charge in [0, 0.05) is 56.6 Å². The number of phosphoric acid groups is 3. The van der Waals surface area contributed by atoms with Crippen molar-refractivity contribution in [2.24, 2.45) is 0 Å². The molecule has 0 radical (unpaired) electrons. The van der Waals surface area contributed by atoms with Crippen molar-refractivity contribution in [3.8, 4) is 22.6 Å². The van der Waals surface area contributed by atoms with Gasteiger partial charge >= 0.3 is 40.8 Å². The van der Waals surface area contributed by atoms with Gasteiger partial charge < -0.3 is 75.5 Å². The number of hydrogen-bond donors (Lipinski definition) is 12. The second kappa shape index (κ2) is 34.0. The molecule has 2 aliphatic heterocycles. The van der Waals surface area contributed by atoms with E-state index in [0.29, 0.717) is 52.8 Å². The first-order valence-electron chi connectivity index (χ1n) is 29.6. The topological polar surface area (TPSA) is 496 Å². The quantitative estimate of drug-likeness (QED) is 0.0114. The van der Waals surface area contributed by atoms with Crippen molar-refractivity contribution >= 4 is 74.7 Å². The molecule has 4 heterocycles. The summed E-state index contributed by atoms with van der Waals surface area (Å²) in [5, 5.41) is 58.0. The summed E-state index contributed by atoms with van der Waals surface area (Å²) in [6.45, 7) is -3.25. The van der Waals surface area contributed by atoms with Gasteiger partial charge in [0.1, 0.15) is 48.1 Å². The Bertz CT molecular complexity index is 4000. The molecule has 8 rings (SSSR count). The highest BCUT2D eigenvalue weighted by molar-refractivity contribution is 7.48. The van der Waals surface area contributed by atoms with Crippen LogP contribution in [-0.4, -0.2) is 181 Å². The first-order chi connectivity index (χ1) is 45.3. The summed E-state index contributed by atoms with van der Waals surface area (Å²) in [7, 11) is -14.5. The Kier molecular flexibility index (Phi) is 26.3. The highest BCUT2D eigenvalue weighted by atomic mass is 31.2. The predicted molar refractivity (Wildman–Crippen MR) is 335 cm³/mol. The number of carbonyl (C=O) groups is 3. The Hall–Kier alpha value is -7.40. The number of benzene rings is 4. The van der Waals surface area contributed by atoms with Gasteiger partial charge in [-0.1, -0.05) is 25.0 Å². The number of fused-ring (bicyclic) bond motifs is 2. The SMILES string of the molecule is Nc1ccn([C@H]2CC(O)[C@@H](COP(=O)(O)OCCOCCOCCOP(=O)(O)OC3C[C@H](n4cc(C=CC(=O)NCCCCCCNC(=O)c5ccc(C(=O)O)c(-c6c7ccc(O)cc7cc7cc(O)ccc67)c5)c(=O)[nH]c4=O)O[C@@H]3COP(=O)(O)OCCCO)O2)c(=O)n1. The van der Waals surface area contributed by atoms with E-state index in [0.717, 1.165) is 27.5 Å². The standard InChI is InChI=1S/C58H72N7O27P3/c59-49-14-17-64(57(75)62-49)51-30-45(69)47(90-51)33-88-94(79,80)86-24-22-83-20-21-84-23-25-87-95(81,82)92-46-31-52(91-48(46)34-89-93(77,78)85-19-5-18-66)65-32-36(55(72)63-58(65)76)7-13-50(70)60-15-3-1-2-4-16-61-54(71)35-6-10-43(56(73)74)44(29-35)53-41-11-8-39(67)27-37(41)26-38-28-40(68)9-12-42(38)53/h6-14,17,26-29,32,45-48,51-52,66-69H,1-5,15-16,18-25,30-31,33-34H2,(H,60,70)(H,61,71)(H,73,74)(H,77,78)(H,79,80)(H,81,82)(H2,59,62,75)(H,63,72,76)/t45?,46?,47-,48-,51-,52-/m1/s1. The molecule has 2 fully saturated rings. The second-order valence-corrected chi connectivity index (χ2v) is 25.8. The van der Waals surface area contributed by atoms with E-state index in [1.165, 1.54) is 54.7 Å². The number of aromatic hydroxyl groups is 2. The highest BCUT2D eigenvalue weighted by Crippen LogP contribution is 2.50. The molecule has 2 saturated heterocycles. The number of nitrogens with two attached hydrogens (primary N) is 1. The Morgan fingerprint density at radius 1 is 0.695 bits per heavy atom. The van der Waals surface area contributed by atoms with Crippen molar-refractivity contribution < 1.29 is 114 Å². The molecular weight excluding hydrogens is 1320 g/mol. The maximum atomic E-state index is 13.4. The average molecular weight is 1390 g/mol. The van der Waals surface area contributed by atoms with Gasteiger partial charge in [-0.25, -0.2) is 28.1 Å². The number of hydrogen-bond acceptors (Lipinski definition) is 25. The molecule has 4 aromatic carbocycles. The number of carbonyl (C=O) groups excluding carboxylic acids is 2. The van der Waals surface area contributed by atoms with E-state index in [1.54, 1.807) is 18.2 Å². The van der Waals surface area contributed by atoms with Crippen LogP contribution in [0.4, 0.5) is 5.82 Å². The number of aromatic amines is 1. The molecule has 6 aromatic rings. The number of aliphatic hydroxyl groups excluding tert-OH is 2. The van der Waals surface area contributed by atoms with E-state index < -0.39 is 128 Å². The average Bonchev–Trinajstić information content (AvgIpc) is 1.46. The van der Waals surface area contributed by atoms with Crippen molar-refractivity contribution in [1.29, 1.82) is 0 Å². The van der Waals surface area contributed by atoms with Gasteiger partial charge in [0.2, 0.25) is 5.91 Å². The van der Waals surface area contributed by atoms with E-state index >= 15 is 0 Å². The summed E-state index contributed by atoms with van der Waals surface area (Å²) in [5.74, 6) is -2.30. The van der Waals surface area contributed by atoms with E-state index in [9.17, 15) is 77.6 Å². The van der Waals surface area contributed by atoms with Crippen LogP contribution in [-0.2, 0) is 64.6 Å². The van der Waals surface area contributed by atoms with Gasteiger partial charge in [-0.15, -0.1) is 0 Å². The summed E-state index contributed by atoms with van der Waals surface area (Å²) in [6, 6.07) is 16.7. The summed E-state index contributed by atoms with van der Waals surface area (Å²) in [6.07, 6.45) is -1.06. The predicted octanol–water partition coefficient (Wildman–Crippen LogP) is 3.70. The van der Waals surface area contributed by atoms with Crippen molar-refractivity contribution in [1.82, 2.24) is 29.7 Å². The molecular formula is C58H72N7O27P3. The number of phosphoric ester groups is 3. The van der Waals surface area contributed by atoms with Gasteiger partial charge in [-0.05, 0) is 113 Å². The molecule has 13 N–H and O–H groups in total. The molecule has 37 heteroatoms. The van der Waals surface area contributed by atoms with Crippen molar-refractivity contribution in [3.05, 3.63) is 133 Å². The zero-order valence-electron chi connectivity index (χ0n) is 50.7. The van der Waals surface area contributed by atoms with Crippen LogP contribution in [0, 0.1) is 0 Å². The number of ether oxygens (including phenoxy) is 4. The first-order valence-corrected chi connectivity index (χ1v) is 34.1. The van der Waals surface area contributed by atoms with Crippen LogP contribution in [0.2, 0.25) is 0 Å². The minimum absolute atomic E-state index is 0.0104. The minimum atomic E-state index is -5.02. The zero-order chi connectivity index (χ0) is 68.5. The van der Waals surface area contributed by atoms with Gasteiger partial charge in [0.05, 0.1) is 76.7 Å². The minimum Gasteiger partial charge on any atom is -0.508 e. The number of rotatable bonds is 37. The van der Waals surface area contributed by atoms with Gasteiger partial charge in [-0.3, -0.25) is 55.6 Å². The lowest BCUT2D eigenvalue weighted by Crippen LogP contribution is -2.33. The Balaban J connectivity index is 0.754. The van der Waals surface area contributed by atoms with E-state index in [1.807, 2.05) is 0 Å². The van der Waals surface area contributed by atoms with Crippen molar-refractivity contribution in [2.45, 2.75) is 81.8 Å². The highest BCUT2D eigenvalue weighted by Gasteiger charge is 2.44. The molecule has 2 amide bonds. The number of nitrogens with one attached hydrogen (secondary N) is 3. The fourth-order valence-electron chi connectivity index (χ4n) is 10.1. The normalized spacial score (nSPS) is 20.0. The maximum Gasteiger partial charge on any atom is 0.472 e. The monoisotopic (exact) mass is 1390 g/mol. The van der Waals surface area contributed by atoms with Crippen LogP contribution in [0.1, 0.15) is 83.7 Å². The number of phenols is 2. The molecule has 0 spiro atoms. The number of carboxylic acid groups (broad SMARTS) is 1. The van der Waals surface area contributed by atoms with Gasteiger partial charge in [-0.2, -0.15) is 4.98 Å². The number of carboxylic acids is 1. The molecule has 0 saturated carbocycles. The first kappa shape index (κ1) is 73.4. The molecule has 95 heavy (non-hydrogen) atoms. The van der Waals surface area contributed by atoms with Crippen LogP contribution < -0.4 is 33.3 Å². The zero-order valence-corrected chi connectivity index (χ0v) is 53.3. The smallest absolute Gasteiger partial charge is 0.472 e. The van der Waals surface area contributed by atoms with Crippen LogP contribution in [0.15, 0.2) is 99.6 Å². The number of aromatic nitrogens is 4. The molecule has 34 nitrogen and oxygen atoms in total. The molecule has 9 atom stereocenters. The Morgan fingerprint density at radius 2 is 1.28 bits per heavy atom. The second-order valence-electron chi connectivity index (χ2n) is 21.5. The molecule has 516 valence electrons.